The Kier molecular flexibility index (Phi) is 6.74. The maximum atomic E-state index is 12.3. The van der Waals surface area contributed by atoms with Crippen LogP contribution in [-0.4, -0.2) is 37.4 Å². The van der Waals surface area contributed by atoms with E-state index in [1.165, 1.54) is 11.1 Å². The van der Waals surface area contributed by atoms with Crippen molar-refractivity contribution in [1.82, 2.24) is 5.32 Å². The molecule has 0 spiro atoms. The monoisotopic (exact) mass is 443 g/mol. The number of rotatable bonds is 8. The number of hydrogen-bond acceptors (Lipinski definition) is 4. The normalized spacial score (nSPS) is 12.3. The number of benzene rings is 3. The summed E-state index contributed by atoms with van der Waals surface area (Å²) in [6.45, 7) is 0.503. The van der Waals surface area contributed by atoms with Gasteiger partial charge in [-0.25, -0.2) is 4.79 Å². The molecule has 6 nitrogen and oxygen atoms in total. The van der Waals surface area contributed by atoms with E-state index in [1.54, 1.807) is 37.5 Å². The van der Waals surface area contributed by atoms with Crippen molar-refractivity contribution in [2.75, 3.05) is 20.3 Å². The fourth-order valence-electron chi connectivity index (χ4n) is 4.16. The molecule has 6 heteroatoms. The van der Waals surface area contributed by atoms with Crippen LogP contribution < -0.4 is 10.1 Å². The zero-order valence-corrected chi connectivity index (χ0v) is 18.3. The summed E-state index contributed by atoms with van der Waals surface area (Å²) in [6, 6.07) is 21.6. The lowest BCUT2D eigenvalue weighted by atomic mass is 9.98. The van der Waals surface area contributed by atoms with Gasteiger partial charge >= 0.3 is 12.1 Å². The Balaban J connectivity index is 1.35. The quantitative estimate of drug-likeness (QED) is 0.519. The van der Waals surface area contributed by atoms with E-state index in [9.17, 15) is 9.59 Å². The van der Waals surface area contributed by atoms with E-state index >= 15 is 0 Å². The predicted molar refractivity (Wildman–Crippen MR) is 126 cm³/mol. The third kappa shape index (κ3) is 5.06. The number of carboxylic acids is 1. The van der Waals surface area contributed by atoms with Crippen LogP contribution >= 0.6 is 0 Å². The van der Waals surface area contributed by atoms with Crippen molar-refractivity contribution in [2.24, 2.45) is 0 Å². The Labute approximate surface area is 192 Å². The molecule has 0 radical (unpaired) electrons. The van der Waals surface area contributed by atoms with E-state index in [-0.39, 0.29) is 25.5 Å². The molecule has 0 fully saturated rings. The molecule has 168 valence electrons. The summed E-state index contributed by atoms with van der Waals surface area (Å²) in [7, 11) is 1.55. The van der Waals surface area contributed by atoms with Crippen molar-refractivity contribution in [3.63, 3.8) is 0 Å². The number of hydrogen-bond donors (Lipinski definition) is 2. The third-order valence-electron chi connectivity index (χ3n) is 5.70. The largest absolute Gasteiger partial charge is 0.497 e. The second-order valence-corrected chi connectivity index (χ2v) is 7.74. The Morgan fingerprint density at radius 2 is 1.67 bits per heavy atom. The molecule has 1 aliphatic rings. The first-order chi connectivity index (χ1) is 16.1. The number of carbonyl (C=O) groups excluding carboxylic acids is 1. The van der Waals surface area contributed by atoms with Gasteiger partial charge in [0.25, 0.3) is 0 Å². The lowest BCUT2D eigenvalue weighted by Crippen LogP contribution is -2.26. The van der Waals surface area contributed by atoms with Gasteiger partial charge in [-0.05, 0) is 45.5 Å². The van der Waals surface area contributed by atoms with Gasteiger partial charge in [0.2, 0.25) is 0 Å². The topological polar surface area (TPSA) is 84.9 Å². The first-order valence-electron chi connectivity index (χ1n) is 10.7. The molecule has 33 heavy (non-hydrogen) atoms. The summed E-state index contributed by atoms with van der Waals surface area (Å²) < 4.78 is 10.7. The highest BCUT2D eigenvalue weighted by Gasteiger charge is 2.28. The van der Waals surface area contributed by atoms with E-state index in [1.807, 2.05) is 24.3 Å². The average Bonchev–Trinajstić information content (AvgIpc) is 3.15. The molecule has 0 saturated carbocycles. The first-order valence-corrected chi connectivity index (χ1v) is 10.7. The zero-order chi connectivity index (χ0) is 23.2. The van der Waals surface area contributed by atoms with Crippen LogP contribution in [0.3, 0.4) is 0 Å². The highest BCUT2D eigenvalue weighted by Crippen LogP contribution is 2.44. The number of carbonyl (C=O) groups is 2. The lowest BCUT2D eigenvalue weighted by Gasteiger charge is -2.14. The molecule has 0 unspecified atom stereocenters. The van der Waals surface area contributed by atoms with Crippen LogP contribution in [0, 0.1) is 0 Å². The van der Waals surface area contributed by atoms with Crippen molar-refractivity contribution in [2.45, 2.75) is 12.3 Å². The number of methoxy groups -OCH3 is 1. The number of amides is 1. The van der Waals surface area contributed by atoms with Gasteiger partial charge in [0.15, 0.2) is 0 Å². The van der Waals surface area contributed by atoms with Gasteiger partial charge in [0.1, 0.15) is 12.4 Å². The van der Waals surface area contributed by atoms with Gasteiger partial charge in [-0.15, -0.1) is 0 Å². The van der Waals surface area contributed by atoms with Crippen molar-refractivity contribution >= 4 is 18.1 Å². The number of aliphatic carboxylic acids is 1. The number of carboxylic acid groups (broad SMARTS) is 1. The van der Waals surface area contributed by atoms with Gasteiger partial charge < -0.3 is 19.9 Å². The average molecular weight is 443 g/mol. The molecule has 0 aromatic heterocycles. The minimum Gasteiger partial charge on any atom is -0.497 e. The maximum Gasteiger partial charge on any atom is 0.407 e. The molecule has 0 atom stereocenters. The second-order valence-electron chi connectivity index (χ2n) is 7.74. The highest BCUT2D eigenvalue weighted by atomic mass is 16.5. The molecule has 0 bridgehead atoms. The molecule has 0 aliphatic heterocycles. The van der Waals surface area contributed by atoms with E-state index in [0.29, 0.717) is 11.3 Å². The molecule has 0 saturated heterocycles. The SMILES string of the molecule is COc1ccc(CC(=O)O)c(C=CCNC(=O)OCC2c3ccccc3-c3ccccc32)c1. The third-order valence-corrected chi connectivity index (χ3v) is 5.70. The summed E-state index contributed by atoms with van der Waals surface area (Å²) in [6.07, 6.45) is 2.92. The second kappa shape index (κ2) is 10.0. The highest BCUT2D eigenvalue weighted by molar-refractivity contribution is 5.79. The van der Waals surface area contributed by atoms with Crippen molar-refractivity contribution in [1.29, 1.82) is 0 Å². The fourth-order valence-corrected chi connectivity index (χ4v) is 4.16. The zero-order valence-electron chi connectivity index (χ0n) is 18.3. The number of alkyl carbamates (subject to hydrolysis) is 1. The van der Waals surface area contributed by atoms with E-state index in [2.05, 4.69) is 29.6 Å². The van der Waals surface area contributed by atoms with Crippen LogP contribution in [0.4, 0.5) is 4.79 Å². The molecule has 4 rings (SSSR count). The van der Waals surface area contributed by atoms with Gasteiger partial charge in [0.05, 0.1) is 13.5 Å². The van der Waals surface area contributed by atoms with E-state index < -0.39 is 12.1 Å². The Hall–Kier alpha value is -4.06. The van der Waals surface area contributed by atoms with E-state index in [4.69, 9.17) is 14.6 Å². The smallest absolute Gasteiger partial charge is 0.407 e. The summed E-state index contributed by atoms with van der Waals surface area (Å²) in [5.74, 6) is -0.270. The van der Waals surface area contributed by atoms with Gasteiger partial charge in [-0.2, -0.15) is 0 Å². The standard InChI is InChI=1S/C27H25NO5/c1-32-20-13-12-19(16-26(29)30)18(15-20)7-6-14-28-27(31)33-17-25-23-10-4-2-8-21(23)22-9-3-5-11-24(22)25/h2-13,15,25H,14,16-17H2,1H3,(H,28,31)(H,29,30). The summed E-state index contributed by atoms with van der Waals surface area (Å²) >= 11 is 0. The molecule has 1 amide bonds. The van der Waals surface area contributed by atoms with Crippen LogP contribution in [-0.2, 0) is 16.0 Å². The lowest BCUT2D eigenvalue weighted by molar-refractivity contribution is -0.136. The van der Waals surface area contributed by atoms with Crippen molar-refractivity contribution < 1.29 is 24.2 Å². The first kappa shape index (κ1) is 22.1. The van der Waals surface area contributed by atoms with Gasteiger partial charge in [-0.1, -0.05) is 66.7 Å². The molecule has 3 aromatic carbocycles. The molecule has 0 heterocycles. The number of nitrogens with one attached hydrogen (secondary N) is 1. The van der Waals surface area contributed by atoms with Crippen LogP contribution in [0.15, 0.2) is 72.8 Å². The molecular weight excluding hydrogens is 418 g/mol. The van der Waals surface area contributed by atoms with Crippen molar-refractivity contribution in [3.8, 4) is 16.9 Å². The Morgan fingerprint density at radius 3 is 2.30 bits per heavy atom. The Bertz CT molecular complexity index is 1160. The van der Waals surface area contributed by atoms with Gasteiger partial charge in [-0.3, -0.25) is 4.79 Å². The van der Waals surface area contributed by atoms with Crippen LogP contribution in [0.25, 0.3) is 17.2 Å². The van der Waals surface area contributed by atoms with Gasteiger partial charge in [0, 0.05) is 12.5 Å². The predicted octanol–water partition coefficient (Wildman–Crippen LogP) is 4.87. The Morgan fingerprint density at radius 1 is 1.00 bits per heavy atom. The molecule has 1 aliphatic carbocycles. The minimum atomic E-state index is -0.911. The number of ether oxygens (including phenoxy) is 2. The summed E-state index contributed by atoms with van der Waals surface area (Å²) in [5.41, 5.74) is 6.08. The maximum absolute atomic E-state index is 12.3. The fraction of sp³-hybridized carbons (Fsp3) is 0.185. The summed E-state index contributed by atoms with van der Waals surface area (Å²) in [5, 5.41) is 11.8. The molecular formula is C27H25NO5. The van der Waals surface area contributed by atoms with Crippen LogP contribution in [0.5, 0.6) is 5.75 Å². The van der Waals surface area contributed by atoms with Crippen molar-refractivity contribution in [3.05, 3.63) is 95.1 Å². The minimum absolute atomic E-state index is 0.00838. The molecule has 2 N–H and O–H groups in total. The van der Waals surface area contributed by atoms with Crippen LogP contribution in [0.1, 0.15) is 28.2 Å². The van der Waals surface area contributed by atoms with Crippen LogP contribution in [0.2, 0.25) is 0 Å². The number of fused-ring (bicyclic) bond motifs is 3. The summed E-state index contributed by atoms with van der Waals surface area (Å²) in [4.78, 5) is 23.4. The van der Waals surface area contributed by atoms with E-state index in [0.717, 1.165) is 16.7 Å². The molecule has 3 aromatic rings.